The summed E-state index contributed by atoms with van der Waals surface area (Å²) in [5, 5.41) is 0.134. The molecule has 0 aromatic heterocycles. The maximum atomic E-state index is 13.5. The van der Waals surface area contributed by atoms with Crippen molar-refractivity contribution < 1.29 is 13.2 Å². The van der Waals surface area contributed by atoms with Gasteiger partial charge >= 0.3 is 6.18 Å². The summed E-state index contributed by atoms with van der Waals surface area (Å²) in [6.07, 6.45) is -4.48. The van der Waals surface area contributed by atoms with Crippen LogP contribution in [0.5, 0.6) is 0 Å². The Hall–Kier alpha value is -1.72. The lowest BCUT2D eigenvalue weighted by atomic mass is 9.95. The zero-order chi connectivity index (χ0) is 18.2. The lowest BCUT2D eigenvalue weighted by Crippen LogP contribution is -2.31. The smallest absolute Gasteiger partial charge is 0.372 e. The van der Waals surface area contributed by atoms with Gasteiger partial charge in [-0.2, -0.15) is 13.2 Å². The maximum Gasteiger partial charge on any atom is 0.417 e. The number of benzene rings is 2. The summed E-state index contributed by atoms with van der Waals surface area (Å²) in [4.78, 5) is 6.34. The summed E-state index contributed by atoms with van der Waals surface area (Å²) >= 11 is 12.4. The lowest BCUT2D eigenvalue weighted by molar-refractivity contribution is -0.137. The Bertz CT molecular complexity index is 818. The number of fused-ring (bicyclic) bond motifs is 1. The Morgan fingerprint density at radius 3 is 2.56 bits per heavy atom. The molecule has 0 amide bonds. The molecule has 0 N–H and O–H groups in total. The van der Waals surface area contributed by atoms with Crippen molar-refractivity contribution in [1.29, 1.82) is 0 Å². The molecule has 2 aromatic rings. The Morgan fingerprint density at radius 1 is 1.12 bits per heavy atom. The van der Waals surface area contributed by atoms with Crippen LogP contribution in [0.25, 0.3) is 0 Å². The fourth-order valence-corrected chi connectivity index (χ4v) is 3.37. The topological polar surface area (TPSA) is 15.6 Å². The molecule has 0 fully saturated rings. The highest BCUT2D eigenvalue weighted by atomic mass is 35.5. The molecule has 0 saturated heterocycles. The molecule has 0 radical (unpaired) electrons. The van der Waals surface area contributed by atoms with Crippen molar-refractivity contribution >= 4 is 34.6 Å². The minimum absolute atomic E-state index is 0.0256. The number of hydrogen-bond donors (Lipinski definition) is 0. The van der Waals surface area contributed by atoms with Gasteiger partial charge in [0.1, 0.15) is 0 Å². The van der Waals surface area contributed by atoms with Crippen LogP contribution in [-0.4, -0.2) is 31.2 Å². The first kappa shape index (κ1) is 18.1. The fourth-order valence-electron chi connectivity index (χ4n) is 2.93. The van der Waals surface area contributed by atoms with Crippen LogP contribution in [0.2, 0.25) is 5.02 Å². The van der Waals surface area contributed by atoms with Crippen molar-refractivity contribution in [2.75, 3.05) is 25.0 Å². The monoisotopic (exact) mass is 386 g/mol. The molecule has 1 heterocycles. The van der Waals surface area contributed by atoms with Gasteiger partial charge in [-0.3, -0.25) is 4.99 Å². The number of anilines is 1. The Kier molecular flexibility index (Phi) is 4.98. The van der Waals surface area contributed by atoms with Gasteiger partial charge in [-0.15, -0.1) is 11.6 Å². The van der Waals surface area contributed by atoms with Crippen LogP contribution in [0.4, 0.5) is 18.9 Å². The molecule has 1 unspecified atom stereocenters. The van der Waals surface area contributed by atoms with Crippen LogP contribution in [0, 0.1) is 0 Å². The highest BCUT2D eigenvalue weighted by Gasteiger charge is 2.35. The minimum atomic E-state index is -4.48. The van der Waals surface area contributed by atoms with E-state index < -0.39 is 11.7 Å². The van der Waals surface area contributed by atoms with Crippen molar-refractivity contribution in [3.63, 3.8) is 0 Å². The van der Waals surface area contributed by atoms with Gasteiger partial charge in [0.2, 0.25) is 0 Å². The van der Waals surface area contributed by atoms with Gasteiger partial charge in [0, 0.05) is 35.4 Å². The van der Waals surface area contributed by atoms with E-state index in [9.17, 15) is 13.2 Å². The number of hydrogen-bond acceptors (Lipinski definition) is 2. The third-order valence-corrected chi connectivity index (χ3v) is 4.54. The van der Waals surface area contributed by atoms with E-state index in [0.29, 0.717) is 17.1 Å². The van der Waals surface area contributed by atoms with E-state index in [-0.39, 0.29) is 23.2 Å². The second-order valence-corrected chi connectivity index (χ2v) is 6.93. The van der Waals surface area contributed by atoms with Crippen LogP contribution < -0.4 is 4.90 Å². The van der Waals surface area contributed by atoms with Gasteiger partial charge in [0.25, 0.3) is 0 Å². The highest BCUT2D eigenvalue weighted by molar-refractivity contribution is 6.31. The van der Waals surface area contributed by atoms with Crippen molar-refractivity contribution in [1.82, 2.24) is 0 Å². The summed E-state index contributed by atoms with van der Waals surface area (Å²) in [5.41, 5.74) is 0.857. The molecular formula is C18H15Cl2F3N2. The van der Waals surface area contributed by atoms with E-state index in [2.05, 4.69) is 4.99 Å². The van der Waals surface area contributed by atoms with Crippen molar-refractivity contribution in [3.8, 4) is 0 Å². The van der Waals surface area contributed by atoms with Gasteiger partial charge in [0.15, 0.2) is 0 Å². The summed E-state index contributed by atoms with van der Waals surface area (Å²) in [5.74, 6) is 0. The lowest BCUT2D eigenvalue weighted by Gasteiger charge is -2.28. The largest absolute Gasteiger partial charge is 0.417 e. The van der Waals surface area contributed by atoms with E-state index in [1.807, 2.05) is 11.9 Å². The van der Waals surface area contributed by atoms with Gasteiger partial charge in [-0.05, 0) is 24.3 Å². The summed E-state index contributed by atoms with van der Waals surface area (Å²) in [7, 11) is 1.85. The molecule has 0 spiro atoms. The second-order valence-electron chi connectivity index (χ2n) is 5.87. The molecule has 1 atom stereocenters. The number of halogens is 5. The molecule has 0 bridgehead atoms. The summed E-state index contributed by atoms with van der Waals surface area (Å²) < 4.78 is 40.4. The van der Waals surface area contributed by atoms with E-state index >= 15 is 0 Å². The standard InChI is InChI=1S/C18H15Cl2F3N2/c1-25-10-12(20)9-24-17(14-8-11(19)6-7-16(14)25)13-4-2-3-5-15(13)18(21,22)23/h2-8,12H,9-10H2,1H3/b24-17-. The molecule has 0 aliphatic carbocycles. The number of alkyl halides is 4. The van der Waals surface area contributed by atoms with Crippen molar-refractivity contribution in [3.05, 3.63) is 64.2 Å². The van der Waals surface area contributed by atoms with E-state index in [1.54, 1.807) is 24.3 Å². The van der Waals surface area contributed by atoms with Crippen LogP contribution in [0.15, 0.2) is 47.5 Å². The third kappa shape index (κ3) is 3.77. The van der Waals surface area contributed by atoms with E-state index in [1.165, 1.54) is 12.1 Å². The van der Waals surface area contributed by atoms with Gasteiger partial charge in [-0.25, -0.2) is 0 Å². The van der Waals surface area contributed by atoms with Crippen LogP contribution in [-0.2, 0) is 6.18 Å². The molecule has 2 aromatic carbocycles. The third-order valence-electron chi connectivity index (χ3n) is 4.03. The fraction of sp³-hybridized carbons (Fsp3) is 0.278. The second kappa shape index (κ2) is 6.89. The van der Waals surface area contributed by atoms with Crippen LogP contribution in [0.3, 0.4) is 0 Å². The highest BCUT2D eigenvalue weighted by Crippen LogP contribution is 2.35. The molecular weight excluding hydrogens is 372 g/mol. The van der Waals surface area contributed by atoms with E-state index in [0.717, 1.165) is 11.8 Å². The van der Waals surface area contributed by atoms with Crippen LogP contribution >= 0.6 is 23.2 Å². The zero-order valence-electron chi connectivity index (χ0n) is 13.3. The normalized spacial score (nSPS) is 20.3. The average molecular weight is 387 g/mol. The van der Waals surface area contributed by atoms with Gasteiger partial charge < -0.3 is 4.90 Å². The molecule has 1 aliphatic heterocycles. The quantitative estimate of drug-likeness (QED) is 0.610. The summed E-state index contributed by atoms with van der Waals surface area (Å²) in [6, 6.07) is 10.5. The van der Waals surface area contributed by atoms with Crippen LogP contribution in [0.1, 0.15) is 16.7 Å². The van der Waals surface area contributed by atoms with Gasteiger partial charge in [0.05, 0.1) is 23.2 Å². The molecule has 1 aliphatic rings. The number of rotatable bonds is 1. The molecule has 7 heteroatoms. The molecule has 132 valence electrons. The molecule has 3 rings (SSSR count). The van der Waals surface area contributed by atoms with Crippen molar-refractivity contribution in [2.24, 2.45) is 4.99 Å². The summed E-state index contributed by atoms with van der Waals surface area (Å²) in [6.45, 7) is 0.757. The zero-order valence-corrected chi connectivity index (χ0v) is 14.8. The molecule has 0 saturated carbocycles. The predicted molar refractivity (Wildman–Crippen MR) is 96.3 cm³/mol. The minimum Gasteiger partial charge on any atom is -0.372 e. The SMILES string of the molecule is CN1CC(Cl)C/N=C(/c2ccccc2C(F)(F)F)c2cc(Cl)ccc21. The maximum absolute atomic E-state index is 13.5. The number of nitrogens with zero attached hydrogens (tertiary/aromatic N) is 2. The van der Waals surface area contributed by atoms with Gasteiger partial charge in [-0.1, -0.05) is 29.8 Å². The Balaban J connectivity index is 2.26. The first-order chi connectivity index (χ1) is 11.8. The average Bonchev–Trinajstić information content (AvgIpc) is 2.53. The predicted octanol–water partition coefficient (Wildman–Crippen LogP) is 5.25. The van der Waals surface area contributed by atoms with Crippen molar-refractivity contribution in [2.45, 2.75) is 11.6 Å². The molecule has 25 heavy (non-hydrogen) atoms. The Labute approximate surface area is 153 Å². The Morgan fingerprint density at radius 2 is 1.84 bits per heavy atom. The first-order valence-electron chi connectivity index (χ1n) is 7.63. The van der Waals surface area contributed by atoms with E-state index in [4.69, 9.17) is 23.2 Å². The molecule has 2 nitrogen and oxygen atoms in total. The first-order valence-corrected chi connectivity index (χ1v) is 8.45. The number of aliphatic imine (C=N–C) groups is 1.